The minimum Gasteiger partial charge on any atom is -0.370 e. The SMILES string of the molecule is CCCCN(C)CCN=C(N)N1CCCCCC1.I. The fraction of sp³-hybridized carbons (Fsp3) is 0.929. The molecule has 1 aliphatic rings. The summed E-state index contributed by atoms with van der Waals surface area (Å²) >= 11 is 0. The van der Waals surface area contributed by atoms with Crippen LogP contribution in [0, 0.1) is 0 Å². The largest absolute Gasteiger partial charge is 0.370 e. The molecule has 5 heteroatoms. The summed E-state index contributed by atoms with van der Waals surface area (Å²) in [6.07, 6.45) is 7.71. The Labute approximate surface area is 135 Å². The quantitative estimate of drug-likeness (QED) is 0.436. The van der Waals surface area contributed by atoms with E-state index in [2.05, 4.69) is 28.8 Å². The average molecular weight is 382 g/mol. The zero-order chi connectivity index (χ0) is 13.2. The first kappa shape index (κ1) is 19.0. The van der Waals surface area contributed by atoms with Crippen LogP contribution in [0.1, 0.15) is 45.4 Å². The zero-order valence-corrected chi connectivity index (χ0v) is 14.9. The lowest BCUT2D eigenvalue weighted by Crippen LogP contribution is -2.38. The van der Waals surface area contributed by atoms with E-state index in [1.165, 1.54) is 38.5 Å². The number of likely N-dealkylation sites (N-methyl/N-ethyl adjacent to an activating group) is 1. The number of likely N-dealkylation sites (tertiary alicyclic amines) is 1. The fourth-order valence-electron chi connectivity index (χ4n) is 2.27. The monoisotopic (exact) mass is 382 g/mol. The molecule has 0 aromatic rings. The maximum absolute atomic E-state index is 6.06. The molecule has 0 unspecified atom stereocenters. The summed E-state index contributed by atoms with van der Waals surface area (Å²) in [6, 6.07) is 0. The normalized spacial score (nSPS) is 17.2. The van der Waals surface area contributed by atoms with E-state index in [4.69, 9.17) is 5.73 Å². The maximum atomic E-state index is 6.06. The molecule has 1 rings (SSSR count). The van der Waals surface area contributed by atoms with Crippen molar-refractivity contribution in [1.82, 2.24) is 9.80 Å². The van der Waals surface area contributed by atoms with Gasteiger partial charge in [-0.05, 0) is 32.9 Å². The molecule has 0 spiro atoms. The van der Waals surface area contributed by atoms with Crippen LogP contribution in [0.4, 0.5) is 0 Å². The van der Waals surface area contributed by atoms with Gasteiger partial charge in [0.2, 0.25) is 0 Å². The zero-order valence-electron chi connectivity index (χ0n) is 12.6. The average Bonchev–Trinajstić information content (AvgIpc) is 2.65. The summed E-state index contributed by atoms with van der Waals surface area (Å²) in [7, 11) is 2.16. The van der Waals surface area contributed by atoms with Crippen molar-refractivity contribution < 1.29 is 0 Å². The van der Waals surface area contributed by atoms with Gasteiger partial charge in [0.25, 0.3) is 0 Å². The highest BCUT2D eigenvalue weighted by molar-refractivity contribution is 14.0. The van der Waals surface area contributed by atoms with Gasteiger partial charge in [0, 0.05) is 19.6 Å². The summed E-state index contributed by atoms with van der Waals surface area (Å²) in [5.41, 5.74) is 6.06. The Morgan fingerprint density at radius 3 is 2.37 bits per heavy atom. The molecule has 1 aliphatic heterocycles. The Hall–Kier alpha value is -0.0400. The van der Waals surface area contributed by atoms with Crippen LogP contribution < -0.4 is 5.73 Å². The predicted octanol–water partition coefficient (Wildman–Crippen LogP) is 2.53. The third kappa shape index (κ3) is 8.68. The van der Waals surface area contributed by atoms with Crippen LogP contribution in [-0.2, 0) is 0 Å². The highest BCUT2D eigenvalue weighted by atomic mass is 127. The van der Waals surface area contributed by atoms with E-state index < -0.39 is 0 Å². The minimum atomic E-state index is 0. The number of hydrogen-bond donors (Lipinski definition) is 1. The van der Waals surface area contributed by atoms with Gasteiger partial charge in [0.15, 0.2) is 5.96 Å². The number of guanidine groups is 1. The van der Waals surface area contributed by atoms with Crippen molar-refractivity contribution in [2.75, 3.05) is 39.8 Å². The topological polar surface area (TPSA) is 44.9 Å². The molecule has 4 nitrogen and oxygen atoms in total. The van der Waals surface area contributed by atoms with Crippen LogP contribution in [0.25, 0.3) is 0 Å². The molecule has 1 heterocycles. The number of halogens is 1. The van der Waals surface area contributed by atoms with Gasteiger partial charge in [-0.3, -0.25) is 4.99 Å². The Morgan fingerprint density at radius 2 is 1.79 bits per heavy atom. The van der Waals surface area contributed by atoms with Crippen molar-refractivity contribution in [3.8, 4) is 0 Å². The first-order chi connectivity index (χ1) is 8.74. The molecule has 114 valence electrons. The Balaban J connectivity index is 0.00000324. The predicted molar refractivity (Wildman–Crippen MR) is 94.4 cm³/mol. The van der Waals surface area contributed by atoms with Crippen LogP contribution in [0.15, 0.2) is 4.99 Å². The lowest BCUT2D eigenvalue weighted by atomic mass is 10.2. The van der Waals surface area contributed by atoms with Crippen molar-refractivity contribution in [2.24, 2.45) is 10.7 Å². The Bertz CT molecular complexity index is 238. The number of nitrogens with two attached hydrogens (primary N) is 1. The molecule has 1 saturated heterocycles. The van der Waals surface area contributed by atoms with Crippen molar-refractivity contribution in [1.29, 1.82) is 0 Å². The van der Waals surface area contributed by atoms with E-state index in [1.807, 2.05) is 0 Å². The van der Waals surface area contributed by atoms with E-state index in [0.717, 1.165) is 38.7 Å². The lowest BCUT2D eigenvalue weighted by molar-refractivity contribution is 0.336. The first-order valence-electron chi connectivity index (χ1n) is 7.47. The lowest BCUT2D eigenvalue weighted by Gasteiger charge is -2.21. The van der Waals surface area contributed by atoms with Gasteiger partial charge in [-0.1, -0.05) is 26.2 Å². The van der Waals surface area contributed by atoms with E-state index in [1.54, 1.807) is 0 Å². The third-order valence-electron chi connectivity index (χ3n) is 3.58. The van der Waals surface area contributed by atoms with Gasteiger partial charge in [-0.15, -0.1) is 24.0 Å². The van der Waals surface area contributed by atoms with Gasteiger partial charge >= 0.3 is 0 Å². The van der Waals surface area contributed by atoms with Crippen LogP contribution in [0.2, 0.25) is 0 Å². The molecule has 1 fully saturated rings. The Kier molecular flexibility index (Phi) is 11.7. The maximum Gasteiger partial charge on any atom is 0.191 e. The molecule has 19 heavy (non-hydrogen) atoms. The number of nitrogens with zero attached hydrogens (tertiary/aromatic N) is 3. The van der Waals surface area contributed by atoms with Gasteiger partial charge in [0.05, 0.1) is 6.54 Å². The molecule has 0 aromatic carbocycles. The number of rotatable bonds is 6. The molecule has 0 radical (unpaired) electrons. The summed E-state index contributed by atoms with van der Waals surface area (Å²) in [6.45, 7) is 7.39. The van der Waals surface area contributed by atoms with Crippen LogP contribution in [0.3, 0.4) is 0 Å². The minimum absolute atomic E-state index is 0. The second kappa shape index (κ2) is 11.8. The third-order valence-corrected chi connectivity index (χ3v) is 3.58. The molecule has 0 aromatic heterocycles. The second-order valence-corrected chi connectivity index (χ2v) is 5.30. The summed E-state index contributed by atoms with van der Waals surface area (Å²) in [5.74, 6) is 0.751. The molecule has 0 amide bonds. The summed E-state index contributed by atoms with van der Waals surface area (Å²) in [4.78, 5) is 9.10. The molecule has 2 N–H and O–H groups in total. The Morgan fingerprint density at radius 1 is 1.16 bits per heavy atom. The van der Waals surface area contributed by atoms with Gasteiger partial charge in [0.1, 0.15) is 0 Å². The second-order valence-electron chi connectivity index (χ2n) is 5.30. The summed E-state index contributed by atoms with van der Waals surface area (Å²) in [5, 5.41) is 0. The molecular weight excluding hydrogens is 351 g/mol. The van der Waals surface area contributed by atoms with E-state index in [0.29, 0.717) is 0 Å². The van der Waals surface area contributed by atoms with E-state index >= 15 is 0 Å². The van der Waals surface area contributed by atoms with Crippen molar-refractivity contribution in [3.63, 3.8) is 0 Å². The van der Waals surface area contributed by atoms with Crippen LogP contribution in [0.5, 0.6) is 0 Å². The van der Waals surface area contributed by atoms with Crippen LogP contribution in [-0.4, -0.2) is 55.5 Å². The highest BCUT2D eigenvalue weighted by Crippen LogP contribution is 2.08. The van der Waals surface area contributed by atoms with E-state index in [9.17, 15) is 0 Å². The number of aliphatic imine (C=N–C) groups is 1. The standard InChI is InChI=1S/C14H30N4.HI/c1-3-4-10-17(2)13-9-16-14(15)18-11-7-5-6-8-12-18;/h3-13H2,1-2H3,(H2,15,16);1H. The number of unbranched alkanes of at least 4 members (excludes halogenated alkanes) is 1. The van der Waals surface area contributed by atoms with Crippen molar-refractivity contribution in [3.05, 3.63) is 0 Å². The van der Waals surface area contributed by atoms with Gasteiger partial charge in [-0.25, -0.2) is 0 Å². The molecule has 0 atom stereocenters. The molecule has 0 bridgehead atoms. The van der Waals surface area contributed by atoms with Crippen molar-refractivity contribution in [2.45, 2.75) is 45.4 Å². The number of hydrogen-bond acceptors (Lipinski definition) is 2. The van der Waals surface area contributed by atoms with E-state index in [-0.39, 0.29) is 24.0 Å². The summed E-state index contributed by atoms with van der Waals surface area (Å²) < 4.78 is 0. The smallest absolute Gasteiger partial charge is 0.191 e. The highest BCUT2D eigenvalue weighted by Gasteiger charge is 2.10. The molecule has 0 aliphatic carbocycles. The first-order valence-corrected chi connectivity index (χ1v) is 7.47. The fourth-order valence-corrected chi connectivity index (χ4v) is 2.27. The van der Waals surface area contributed by atoms with Gasteiger partial charge in [-0.2, -0.15) is 0 Å². The van der Waals surface area contributed by atoms with Crippen molar-refractivity contribution >= 4 is 29.9 Å². The van der Waals surface area contributed by atoms with Gasteiger partial charge < -0.3 is 15.5 Å². The molecular formula is C14H31IN4. The van der Waals surface area contributed by atoms with Crippen LogP contribution >= 0.6 is 24.0 Å². The molecule has 0 saturated carbocycles.